The van der Waals surface area contributed by atoms with Gasteiger partial charge in [0, 0.05) is 31.9 Å². The molecule has 4 N–H and O–H groups in total. The molecule has 34 heavy (non-hydrogen) atoms. The molecule has 11 heteroatoms. The average molecular weight is 501 g/mol. The van der Waals surface area contributed by atoms with E-state index >= 15 is 0 Å². The van der Waals surface area contributed by atoms with Crippen molar-refractivity contribution in [1.29, 1.82) is 0 Å². The van der Waals surface area contributed by atoms with E-state index in [4.69, 9.17) is 38.6 Å². The topological polar surface area (TPSA) is 122 Å². The van der Waals surface area contributed by atoms with E-state index in [1.165, 1.54) is 0 Å². The second-order valence-electron chi connectivity index (χ2n) is 8.17. The van der Waals surface area contributed by atoms with Crippen LogP contribution in [0.3, 0.4) is 0 Å². The minimum absolute atomic E-state index is 0.0551. The third-order valence-electron chi connectivity index (χ3n) is 5.94. The molecule has 1 atom stereocenters. The number of aromatic nitrogens is 3. The predicted octanol–water partition coefficient (Wildman–Crippen LogP) is 3.45. The Hall–Kier alpha value is -3.27. The van der Waals surface area contributed by atoms with Gasteiger partial charge in [0.2, 0.25) is 0 Å². The molecule has 0 spiro atoms. The van der Waals surface area contributed by atoms with Gasteiger partial charge in [0.1, 0.15) is 0 Å². The number of rotatable bonds is 6. The van der Waals surface area contributed by atoms with Crippen LogP contribution in [0.5, 0.6) is 0 Å². The van der Waals surface area contributed by atoms with Gasteiger partial charge in [0.25, 0.3) is 5.91 Å². The van der Waals surface area contributed by atoms with Gasteiger partial charge in [-0.3, -0.25) is 4.79 Å². The minimum Gasteiger partial charge on any atom is -0.396 e. The van der Waals surface area contributed by atoms with Crippen molar-refractivity contribution in [2.75, 3.05) is 30.3 Å². The lowest BCUT2D eigenvalue weighted by molar-refractivity contribution is 0.0940. The third-order valence-corrected chi connectivity index (χ3v) is 6.57. The summed E-state index contributed by atoms with van der Waals surface area (Å²) in [6.45, 7) is 1.38. The number of aliphatic hydroxyl groups is 1. The number of nitrogens with two attached hydrogens (primary N) is 1. The first kappa shape index (κ1) is 22.5. The van der Waals surface area contributed by atoms with Crippen molar-refractivity contribution >= 4 is 51.6 Å². The normalized spacial score (nSPS) is 15.9. The van der Waals surface area contributed by atoms with Gasteiger partial charge in [-0.1, -0.05) is 28.4 Å². The number of carbonyl (C=O) groups is 1. The minimum atomic E-state index is -0.241. The van der Waals surface area contributed by atoms with Crippen LogP contribution < -0.4 is 16.0 Å². The Balaban J connectivity index is 1.28. The lowest BCUT2D eigenvalue weighted by atomic mass is 10.1. The number of carbonyl (C=O) groups excluding carboxylic acids is 1. The highest BCUT2D eigenvalue weighted by molar-refractivity contribution is 6.36. The van der Waals surface area contributed by atoms with Gasteiger partial charge in [-0.05, 0) is 48.7 Å². The van der Waals surface area contributed by atoms with Gasteiger partial charge in [-0.2, -0.15) is 5.10 Å². The van der Waals surface area contributed by atoms with Crippen molar-refractivity contribution in [2.24, 2.45) is 0 Å². The highest BCUT2D eigenvalue weighted by atomic mass is 35.5. The molecule has 1 fully saturated rings. The third kappa shape index (κ3) is 4.18. The summed E-state index contributed by atoms with van der Waals surface area (Å²) < 4.78 is 7.07. The molecule has 9 nitrogen and oxygen atoms in total. The number of nitrogens with zero attached hydrogens (tertiary/aromatic N) is 4. The van der Waals surface area contributed by atoms with Crippen LogP contribution in [-0.2, 0) is 6.42 Å². The lowest BCUT2D eigenvalue weighted by Crippen LogP contribution is -2.37. The van der Waals surface area contributed by atoms with E-state index < -0.39 is 0 Å². The zero-order valence-corrected chi connectivity index (χ0v) is 19.6. The number of hydrogen-bond donors (Lipinski definition) is 3. The maximum atomic E-state index is 12.9. The molecule has 2 aromatic heterocycles. The molecule has 2 aromatic carbocycles. The summed E-state index contributed by atoms with van der Waals surface area (Å²) in [5, 5.41) is 21.7. The molecular formula is C23H22Cl2N6O3. The number of fused-ring (bicyclic) bond motifs is 1. The molecule has 176 valence electrons. The molecule has 0 aliphatic carbocycles. The number of hydrogen-bond acceptors (Lipinski definition) is 7. The Morgan fingerprint density at radius 1 is 1.26 bits per heavy atom. The zero-order chi connectivity index (χ0) is 23.8. The smallest absolute Gasteiger partial charge is 0.253 e. The molecule has 4 aromatic rings. The van der Waals surface area contributed by atoms with E-state index in [0.717, 1.165) is 29.9 Å². The van der Waals surface area contributed by atoms with Gasteiger partial charge in [0.05, 0.1) is 38.6 Å². The second kappa shape index (κ2) is 9.17. The van der Waals surface area contributed by atoms with Crippen LogP contribution in [0.4, 0.5) is 11.5 Å². The van der Waals surface area contributed by atoms with Crippen molar-refractivity contribution in [3.63, 3.8) is 0 Å². The highest BCUT2D eigenvalue weighted by Crippen LogP contribution is 2.36. The Labute approximate surface area is 205 Å². The van der Waals surface area contributed by atoms with E-state index in [-0.39, 0.29) is 24.4 Å². The zero-order valence-electron chi connectivity index (χ0n) is 18.0. The van der Waals surface area contributed by atoms with Crippen molar-refractivity contribution in [2.45, 2.75) is 18.9 Å². The predicted molar refractivity (Wildman–Crippen MR) is 131 cm³/mol. The van der Waals surface area contributed by atoms with E-state index in [2.05, 4.69) is 20.5 Å². The monoisotopic (exact) mass is 500 g/mol. The Morgan fingerprint density at radius 2 is 2.12 bits per heavy atom. The number of amides is 1. The first-order valence-corrected chi connectivity index (χ1v) is 11.5. The van der Waals surface area contributed by atoms with Crippen molar-refractivity contribution in [3.05, 3.63) is 63.9 Å². The molecule has 1 aliphatic rings. The van der Waals surface area contributed by atoms with Gasteiger partial charge in [-0.25, -0.2) is 4.68 Å². The van der Waals surface area contributed by atoms with E-state index in [9.17, 15) is 4.79 Å². The number of halogens is 2. The maximum Gasteiger partial charge on any atom is 0.253 e. The molecule has 1 aliphatic heterocycles. The Morgan fingerprint density at radius 3 is 2.91 bits per heavy atom. The van der Waals surface area contributed by atoms with Crippen LogP contribution in [0.25, 0.3) is 16.7 Å². The van der Waals surface area contributed by atoms with E-state index in [1.807, 2.05) is 12.3 Å². The lowest BCUT2D eigenvalue weighted by Gasteiger charge is -2.19. The Kier molecular flexibility index (Phi) is 6.07. The van der Waals surface area contributed by atoms with Crippen LogP contribution >= 0.6 is 23.2 Å². The molecule has 0 unspecified atom stereocenters. The Bertz CT molecular complexity index is 1370. The summed E-state index contributed by atoms with van der Waals surface area (Å²) in [6.07, 6.45) is 4.80. The van der Waals surface area contributed by atoms with Gasteiger partial charge in [0.15, 0.2) is 11.4 Å². The summed E-state index contributed by atoms with van der Waals surface area (Å²) in [7, 11) is 0. The summed E-state index contributed by atoms with van der Waals surface area (Å²) >= 11 is 12.7. The van der Waals surface area contributed by atoms with Crippen LogP contribution in [0, 0.1) is 0 Å². The van der Waals surface area contributed by atoms with Crippen molar-refractivity contribution < 1.29 is 14.4 Å². The fraction of sp³-hybridized carbons (Fsp3) is 0.261. The number of nitrogens with one attached hydrogen (secondary N) is 1. The molecular weight excluding hydrogens is 479 g/mol. The number of benzene rings is 2. The van der Waals surface area contributed by atoms with E-state index in [1.54, 1.807) is 35.1 Å². The van der Waals surface area contributed by atoms with Crippen molar-refractivity contribution in [1.82, 2.24) is 20.3 Å². The summed E-state index contributed by atoms with van der Waals surface area (Å²) in [6, 6.07) is 8.75. The van der Waals surface area contributed by atoms with Gasteiger partial charge >= 0.3 is 0 Å². The van der Waals surface area contributed by atoms with Gasteiger partial charge in [-0.15, -0.1) is 0 Å². The fourth-order valence-corrected chi connectivity index (χ4v) is 4.72. The maximum absolute atomic E-state index is 12.9. The second-order valence-corrected chi connectivity index (χ2v) is 8.99. The number of aliphatic hydroxyl groups excluding tert-OH is 1. The number of nitrogen functional groups attached to an aromatic ring is 1. The van der Waals surface area contributed by atoms with Crippen LogP contribution in [0.15, 0.2) is 47.2 Å². The molecule has 0 radical (unpaired) electrons. The molecule has 3 heterocycles. The summed E-state index contributed by atoms with van der Waals surface area (Å²) in [5.41, 5.74) is 9.30. The van der Waals surface area contributed by atoms with Crippen LogP contribution in [-0.4, -0.2) is 51.7 Å². The van der Waals surface area contributed by atoms with Crippen LogP contribution in [0.2, 0.25) is 10.0 Å². The van der Waals surface area contributed by atoms with Crippen LogP contribution in [0.1, 0.15) is 22.3 Å². The molecule has 1 amide bonds. The highest BCUT2D eigenvalue weighted by Gasteiger charge is 2.28. The molecule has 5 rings (SSSR count). The first-order chi connectivity index (χ1) is 16.4. The molecule has 0 bridgehead atoms. The summed E-state index contributed by atoms with van der Waals surface area (Å²) in [5.74, 6) is 0.0127. The quantitative estimate of drug-likeness (QED) is 0.370. The standard InChI is InChI=1S/C23H22Cl2N6O3/c24-17-3-4-19(21-20(17)22(26)29-34-21)30-7-5-14(12-30)28-23(33)16-2-1-15(9-18(16)25)31-11-13(6-8-32)10-27-31/h1-4,9-11,14,32H,5-8,12H2,(H2,26,29)(H,28,33)/t14-/m1/s1. The molecule has 0 saturated carbocycles. The van der Waals surface area contributed by atoms with Crippen molar-refractivity contribution in [3.8, 4) is 5.69 Å². The summed E-state index contributed by atoms with van der Waals surface area (Å²) in [4.78, 5) is 15.0. The molecule has 1 saturated heterocycles. The first-order valence-electron chi connectivity index (χ1n) is 10.8. The SMILES string of the molecule is Nc1noc2c(N3CC[C@@H](NC(=O)c4ccc(-n5cc(CCO)cn5)cc4Cl)C3)ccc(Cl)c12. The van der Waals surface area contributed by atoms with Gasteiger partial charge < -0.3 is 25.6 Å². The van der Waals surface area contributed by atoms with E-state index in [0.29, 0.717) is 39.5 Å². The largest absolute Gasteiger partial charge is 0.396 e. The fourth-order valence-electron chi connectivity index (χ4n) is 4.22. The number of anilines is 2. The average Bonchev–Trinajstić information content (AvgIpc) is 3.55.